The van der Waals surface area contributed by atoms with Crippen molar-refractivity contribution in [1.29, 1.82) is 0 Å². The highest BCUT2D eigenvalue weighted by molar-refractivity contribution is 5.89. The van der Waals surface area contributed by atoms with Crippen LogP contribution in [-0.4, -0.2) is 28.8 Å². The minimum absolute atomic E-state index is 0. The van der Waals surface area contributed by atoms with Crippen LogP contribution in [0.25, 0.3) is 0 Å². The van der Waals surface area contributed by atoms with Crippen molar-refractivity contribution in [2.45, 2.75) is 45.3 Å². The lowest BCUT2D eigenvalue weighted by Gasteiger charge is -2.35. The van der Waals surface area contributed by atoms with Gasteiger partial charge in [-0.25, -0.2) is 0 Å². The van der Waals surface area contributed by atoms with E-state index in [2.05, 4.69) is 0 Å². The Balaban J connectivity index is 0.00000392. The molecule has 0 saturated heterocycles. The number of primary amides is 1. The summed E-state index contributed by atoms with van der Waals surface area (Å²) in [5.74, 6) is -0.813. The Labute approximate surface area is 173 Å². The zero-order chi connectivity index (χ0) is 19.8. The van der Waals surface area contributed by atoms with Gasteiger partial charge in [0, 0.05) is 6.54 Å². The standard InChI is InChI=1S/C22H29N3O2.ClH/c1-3-16(2)20(21(24)26)25(15-18-12-8-5-9-13-18)22(27)19(23)14-17-10-6-4-7-11-17;/h4-13,16,19-20H,3,14-15,23H2,1-2H3,(H2,24,26);1H/t16-,19-,20-;/m0./s1. The van der Waals surface area contributed by atoms with Gasteiger partial charge in [0.2, 0.25) is 11.8 Å². The summed E-state index contributed by atoms with van der Waals surface area (Å²) < 4.78 is 0. The monoisotopic (exact) mass is 403 g/mol. The molecule has 2 rings (SSSR count). The van der Waals surface area contributed by atoms with Crippen LogP contribution in [0.15, 0.2) is 60.7 Å². The maximum Gasteiger partial charge on any atom is 0.240 e. The number of nitrogens with two attached hydrogens (primary N) is 2. The fourth-order valence-corrected chi connectivity index (χ4v) is 3.23. The Morgan fingerprint density at radius 1 is 0.964 bits per heavy atom. The van der Waals surface area contributed by atoms with Gasteiger partial charge in [-0.1, -0.05) is 80.9 Å². The van der Waals surface area contributed by atoms with Crippen LogP contribution in [0.2, 0.25) is 0 Å². The molecular formula is C22H30ClN3O2. The minimum Gasteiger partial charge on any atom is -0.368 e. The lowest BCUT2D eigenvalue weighted by Crippen LogP contribution is -2.55. The molecule has 0 radical (unpaired) electrons. The summed E-state index contributed by atoms with van der Waals surface area (Å²) in [6, 6.07) is 17.8. The van der Waals surface area contributed by atoms with E-state index in [1.165, 1.54) is 0 Å². The van der Waals surface area contributed by atoms with Gasteiger partial charge in [-0.15, -0.1) is 12.4 Å². The van der Waals surface area contributed by atoms with Gasteiger partial charge in [0.05, 0.1) is 6.04 Å². The van der Waals surface area contributed by atoms with Crippen molar-refractivity contribution in [1.82, 2.24) is 4.90 Å². The number of carbonyl (C=O) groups excluding carboxylic acids is 2. The molecule has 0 spiro atoms. The molecular weight excluding hydrogens is 374 g/mol. The molecule has 0 aromatic heterocycles. The summed E-state index contributed by atoms with van der Waals surface area (Å²) >= 11 is 0. The van der Waals surface area contributed by atoms with E-state index >= 15 is 0 Å². The molecule has 2 aromatic carbocycles. The maximum atomic E-state index is 13.2. The van der Waals surface area contributed by atoms with Crippen LogP contribution in [0.3, 0.4) is 0 Å². The highest BCUT2D eigenvalue weighted by Gasteiger charge is 2.34. The molecule has 0 unspecified atom stereocenters. The van der Waals surface area contributed by atoms with Crippen LogP contribution < -0.4 is 11.5 Å². The quantitative estimate of drug-likeness (QED) is 0.674. The molecule has 0 fully saturated rings. The molecule has 6 heteroatoms. The molecule has 5 nitrogen and oxygen atoms in total. The van der Waals surface area contributed by atoms with Crippen LogP contribution in [-0.2, 0) is 22.6 Å². The molecule has 3 atom stereocenters. The highest BCUT2D eigenvalue weighted by Crippen LogP contribution is 2.19. The molecule has 152 valence electrons. The molecule has 0 aliphatic carbocycles. The molecule has 28 heavy (non-hydrogen) atoms. The van der Waals surface area contributed by atoms with Crippen LogP contribution in [0.5, 0.6) is 0 Å². The van der Waals surface area contributed by atoms with Crippen molar-refractivity contribution < 1.29 is 9.59 Å². The Bertz CT molecular complexity index is 740. The average molecular weight is 404 g/mol. The van der Waals surface area contributed by atoms with Crippen molar-refractivity contribution in [2.24, 2.45) is 17.4 Å². The molecule has 4 N–H and O–H groups in total. The van der Waals surface area contributed by atoms with Crippen molar-refractivity contribution >= 4 is 24.2 Å². The van der Waals surface area contributed by atoms with E-state index in [-0.39, 0.29) is 24.2 Å². The third-order valence-electron chi connectivity index (χ3n) is 4.90. The van der Waals surface area contributed by atoms with E-state index in [0.717, 1.165) is 17.5 Å². The van der Waals surface area contributed by atoms with Crippen LogP contribution in [0, 0.1) is 5.92 Å². The van der Waals surface area contributed by atoms with E-state index < -0.39 is 18.0 Å². The molecule has 0 saturated carbocycles. The lowest BCUT2D eigenvalue weighted by atomic mass is 9.95. The average Bonchev–Trinajstić information content (AvgIpc) is 2.68. The van der Waals surface area contributed by atoms with Crippen LogP contribution >= 0.6 is 12.4 Å². The smallest absolute Gasteiger partial charge is 0.240 e. The predicted molar refractivity (Wildman–Crippen MR) is 115 cm³/mol. The van der Waals surface area contributed by atoms with Crippen molar-refractivity contribution in [2.75, 3.05) is 0 Å². The zero-order valence-corrected chi connectivity index (χ0v) is 17.3. The summed E-state index contributed by atoms with van der Waals surface area (Å²) in [5.41, 5.74) is 13.8. The van der Waals surface area contributed by atoms with Gasteiger partial charge in [-0.05, 0) is 23.5 Å². The number of rotatable bonds is 9. The van der Waals surface area contributed by atoms with Crippen molar-refractivity contribution in [3.8, 4) is 0 Å². The third kappa shape index (κ3) is 6.36. The van der Waals surface area contributed by atoms with Gasteiger partial charge in [-0.3, -0.25) is 9.59 Å². The minimum atomic E-state index is -0.734. The summed E-state index contributed by atoms with van der Waals surface area (Å²) in [5, 5.41) is 0. The molecule has 0 bridgehead atoms. The predicted octanol–water partition coefficient (Wildman–Crippen LogP) is 2.91. The number of hydrogen-bond donors (Lipinski definition) is 2. The number of carbonyl (C=O) groups is 2. The molecule has 0 heterocycles. The Hall–Kier alpha value is -2.37. The first-order valence-electron chi connectivity index (χ1n) is 9.37. The fraction of sp³-hybridized carbons (Fsp3) is 0.364. The van der Waals surface area contributed by atoms with E-state index in [9.17, 15) is 9.59 Å². The number of amides is 2. The van der Waals surface area contributed by atoms with E-state index in [4.69, 9.17) is 11.5 Å². The van der Waals surface area contributed by atoms with Gasteiger partial charge < -0.3 is 16.4 Å². The van der Waals surface area contributed by atoms with Gasteiger partial charge in [0.15, 0.2) is 0 Å². The normalized spacial score (nSPS) is 13.7. The van der Waals surface area contributed by atoms with Gasteiger partial charge >= 0.3 is 0 Å². The van der Waals surface area contributed by atoms with E-state index in [0.29, 0.717) is 13.0 Å². The van der Waals surface area contributed by atoms with Crippen LogP contribution in [0.1, 0.15) is 31.4 Å². The first-order valence-corrected chi connectivity index (χ1v) is 9.37. The first kappa shape index (κ1) is 23.7. The topological polar surface area (TPSA) is 89.4 Å². The second-order valence-electron chi connectivity index (χ2n) is 6.98. The summed E-state index contributed by atoms with van der Waals surface area (Å²) in [6.45, 7) is 4.22. The largest absolute Gasteiger partial charge is 0.368 e. The van der Waals surface area contributed by atoms with Gasteiger partial charge in [0.1, 0.15) is 6.04 Å². The second-order valence-corrected chi connectivity index (χ2v) is 6.98. The summed E-state index contributed by atoms with van der Waals surface area (Å²) in [4.78, 5) is 27.0. The number of hydrogen-bond acceptors (Lipinski definition) is 3. The second kappa shape index (κ2) is 11.5. The van der Waals surface area contributed by atoms with Crippen molar-refractivity contribution in [3.05, 3.63) is 71.8 Å². The first-order chi connectivity index (χ1) is 12.9. The highest BCUT2D eigenvalue weighted by atomic mass is 35.5. The molecule has 0 aliphatic rings. The summed E-state index contributed by atoms with van der Waals surface area (Å²) in [7, 11) is 0. The third-order valence-corrected chi connectivity index (χ3v) is 4.90. The van der Waals surface area contributed by atoms with Gasteiger partial charge in [-0.2, -0.15) is 0 Å². The Morgan fingerprint density at radius 3 is 1.93 bits per heavy atom. The van der Waals surface area contributed by atoms with E-state index in [1.54, 1.807) is 4.90 Å². The number of benzene rings is 2. The van der Waals surface area contributed by atoms with E-state index in [1.807, 2.05) is 74.5 Å². The number of nitrogens with zero attached hydrogens (tertiary/aromatic N) is 1. The van der Waals surface area contributed by atoms with Crippen LogP contribution in [0.4, 0.5) is 0 Å². The summed E-state index contributed by atoms with van der Waals surface area (Å²) in [6.07, 6.45) is 1.15. The fourth-order valence-electron chi connectivity index (χ4n) is 3.23. The molecule has 0 aliphatic heterocycles. The maximum absolute atomic E-state index is 13.2. The Morgan fingerprint density at radius 2 is 1.46 bits per heavy atom. The van der Waals surface area contributed by atoms with Gasteiger partial charge in [0.25, 0.3) is 0 Å². The molecule has 2 amide bonds. The molecule has 2 aromatic rings. The SMILES string of the molecule is CC[C@H](C)[C@@H](C(N)=O)N(Cc1ccccc1)C(=O)[C@@H](N)Cc1ccccc1.Cl. The van der Waals surface area contributed by atoms with Crippen molar-refractivity contribution in [3.63, 3.8) is 0 Å². The number of halogens is 1. The lowest BCUT2D eigenvalue weighted by molar-refractivity contribution is -0.143. The Kier molecular flexibility index (Phi) is 9.69. The zero-order valence-electron chi connectivity index (χ0n) is 16.5.